The van der Waals surface area contributed by atoms with E-state index in [0.717, 1.165) is 6.42 Å². The predicted molar refractivity (Wildman–Crippen MR) is 75.6 cm³/mol. The molecule has 0 aliphatic carbocycles. The Hall–Kier alpha value is -0.910. The molecule has 0 aromatic heterocycles. The second kappa shape index (κ2) is 6.03. The first-order chi connectivity index (χ1) is 9.04. The lowest BCUT2D eigenvalue weighted by Crippen LogP contribution is -2.43. The Morgan fingerprint density at radius 1 is 1.37 bits per heavy atom. The number of ether oxygens (including phenoxy) is 1. The Balaban J connectivity index is 2.19. The molecule has 1 saturated heterocycles. The molecule has 0 saturated carbocycles. The molecule has 1 fully saturated rings. The highest BCUT2D eigenvalue weighted by atomic mass is 32.2. The fourth-order valence-electron chi connectivity index (χ4n) is 2.65. The largest absolute Gasteiger partial charge is 0.381 e. The van der Waals surface area contributed by atoms with Crippen LogP contribution in [-0.2, 0) is 21.2 Å². The van der Waals surface area contributed by atoms with E-state index < -0.39 is 10.0 Å². The molecule has 4 nitrogen and oxygen atoms in total. The fourth-order valence-corrected chi connectivity index (χ4v) is 4.04. The molecule has 1 N–H and O–H groups in total. The summed E-state index contributed by atoms with van der Waals surface area (Å²) in [6, 6.07) is 8.11. The lowest BCUT2D eigenvalue weighted by atomic mass is 9.91. The van der Waals surface area contributed by atoms with E-state index in [2.05, 4.69) is 23.8 Å². The summed E-state index contributed by atoms with van der Waals surface area (Å²) in [6.07, 6.45) is 1.32. The first kappa shape index (κ1) is 14.5. The Kier molecular flexibility index (Phi) is 4.60. The molecule has 2 atom stereocenters. The summed E-state index contributed by atoms with van der Waals surface area (Å²) in [5, 5.41) is -0.356. The molecule has 0 amide bonds. The highest BCUT2D eigenvalue weighted by Crippen LogP contribution is 2.25. The van der Waals surface area contributed by atoms with Gasteiger partial charge in [0.05, 0.1) is 11.9 Å². The van der Waals surface area contributed by atoms with Gasteiger partial charge in [-0.2, -0.15) is 0 Å². The van der Waals surface area contributed by atoms with Gasteiger partial charge in [0.25, 0.3) is 0 Å². The van der Waals surface area contributed by atoms with E-state index in [1.807, 2.05) is 12.1 Å². The van der Waals surface area contributed by atoms with Crippen LogP contribution < -0.4 is 4.72 Å². The fraction of sp³-hybridized carbons (Fsp3) is 0.571. The molecule has 1 aliphatic heterocycles. The van der Waals surface area contributed by atoms with Crippen molar-refractivity contribution in [3.63, 3.8) is 0 Å². The maximum atomic E-state index is 12.1. The molecule has 0 bridgehead atoms. The number of hydrogen-bond donors (Lipinski definition) is 1. The zero-order valence-electron chi connectivity index (χ0n) is 11.4. The molecule has 5 heteroatoms. The van der Waals surface area contributed by atoms with Gasteiger partial charge in [0, 0.05) is 12.5 Å². The van der Waals surface area contributed by atoms with Crippen molar-refractivity contribution >= 4 is 10.0 Å². The zero-order valence-corrected chi connectivity index (χ0v) is 12.2. The summed E-state index contributed by atoms with van der Waals surface area (Å²) in [5.41, 5.74) is 2.41. The molecule has 1 aromatic carbocycles. The van der Waals surface area contributed by atoms with Crippen LogP contribution in [0.1, 0.15) is 17.5 Å². The van der Waals surface area contributed by atoms with Gasteiger partial charge < -0.3 is 4.74 Å². The van der Waals surface area contributed by atoms with Crippen LogP contribution in [0.15, 0.2) is 24.3 Å². The SMILES string of the molecule is CNS(=O)(=O)[C@H]1CCOC[C@H]1Cc1ccccc1C. The number of sulfonamides is 1. The van der Waals surface area contributed by atoms with E-state index in [-0.39, 0.29) is 11.2 Å². The molecular formula is C14H21NO3S. The minimum absolute atomic E-state index is 0.0206. The average Bonchev–Trinajstić information content (AvgIpc) is 2.42. The topological polar surface area (TPSA) is 55.4 Å². The van der Waals surface area contributed by atoms with E-state index in [1.165, 1.54) is 18.2 Å². The third-order valence-corrected chi connectivity index (χ3v) is 5.82. The maximum absolute atomic E-state index is 12.1. The van der Waals surface area contributed by atoms with Gasteiger partial charge in [-0.1, -0.05) is 24.3 Å². The van der Waals surface area contributed by atoms with Crippen molar-refractivity contribution in [2.75, 3.05) is 20.3 Å². The Labute approximate surface area is 115 Å². The van der Waals surface area contributed by atoms with E-state index in [1.54, 1.807) is 0 Å². The predicted octanol–water partition coefficient (Wildman–Crippen LogP) is 1.49. The number of benzene rings is 1. The second-order valence-corrected chi connectivity index (χ2v) is 7.15. The maximum Gasteiger partial charge on any atom is 0.214 e. The standard InChI is InChI=1S/C14H21NO3S/c1-11-5-3-4-6-12(11)9-13-10-18-8-7-14(13)19(16,17)15-2/h3-6,13-15H,7-10H2,1-2H3/t13-,14+/m1/s1. The quantitative estimate of drug-likeness (QED) is 0.911. The van der Waals surface area contributed by atoms with Gasteiger partial charge in [-0.05, 0) is 37.9 Å². The van der Waals surface area contributed by atoms with E-state index in [4.69, 9.17) is 4.74 Å². The van der Waals surface area contributed by atoms with Crippen LogP contribution >= 0.6 is 0 Å². The van der Waals surface area contributed by atoms with Crippen LogP contribution in [0.4, 0.5) is 0 Å². The molecular weight excluding hydrogens is 262 g/mol. The molecule has 0 unspecified atom stereocenters. The van der Waals surface area contributed by atoms with Crippen molar-refractivity contribution in [1.29, 1.82) is 0 Å². The lowest BCUT2D eigenvalue weighted by Gasteiger charge is -2.31. The number of aryl methyl sites for hydroxylation is 1. The van der Waals surface area contributed by atoms with Crippen LogP contribution in [0.2, 0.25) is 0 Å². The summed E-state index contributed by atoms with van der Waals surface area (Å²) in [4.78, 5) is 0. The second-order valence-electron chi connectivity index (χ2n) is 5.04. The van der Waals surface area contributed by atoms with Gasteiger partial charge in [0.1, 0.15) is 0 Å². The van der Waals surface area contributed by atoms with E-state index in [9.17, 15) is 8.42 Å². The summed E-state index contributed by atoms with van der Waals surface area (Å²) < 4.78 is 32.1. The van der Waals surface area contributed by atoms with Crippen molar-refractivity contribution in [2.24, 2.45) is 5.92 Å². The van der Waals surface area contributed by atoms with Crippen molar-refractivity contribution in [1.82, 2.24) is 4.72 Å². The van der Waals surface area contributed by atoms with Crippen LogP contribution in [0.5, 0.6) is 0 Å². The third kappa shape index (κ3) is 3.35. The summed E-state index contributed by atoms with van der Waals surface area (Å²) in [7, 11) is -1.75. The number of nitrogens with one attached hydrogen (secondary N) is 1. The van der Waals surface area contributed by atoms with Crippen molar-refractivity contribution in [2.45, 2.75) is 25.0 Å². The average molecular weight is 283 g/mol. The van der Waals surface area contributed by atoms with Crippen LogP contribution in [0.3, 0.4) is 0 Å². The molecule has 19 heavy (non-hydrogen) atoms. The summed E-state index contributed by atoms with van der Waals surface area (Å²) in [5.74, 6) is 0.0206. The number of hydrogen-bond acceptors (Lipinski definition) is 3. The monoisotopic (exact) mass is 283 g/mol. The zero-order chi connectivity index (χ0) is 13.9. The lowest BCUT2D eigenvalue weighted by molar-refractivity contribution is 0.0570. The third-order valence-electron chi connectivity index (χ3n) is 3.83. The van der Waals surface area contributed by atoms with Gasteiger partial charge in [0.15, 0.2) is 0 Å². The number of rotatable bonds is 4. The highest BCUT2D eigenvalue weighted by Gasteiger charge is 2.35. The molecule has 0 spiro atoms. The van der Waals surface area contributed by atoms with E-state index in [0.29, 0.717) is 19.6 Å². The van der Waals surface area contributed by atoms with Gasteiger partial charge in [-0.3, -0.25) is 0 Å². The van der Waals surface area contributed by atoms with Crippen molar-refractivity contribution < 1.29 is 13.2 Å². The first-order valence-corrected chi connectivity index (χ1v) is 8.14. The Morgan fingerprint density at radius 3 is 2.79 bits per heavy atom. The summed E-state index contributed by atoms with van der Waals surface area (Å²) in [6.45, 7) is 3.09. The first-order valence-electron chi connectivity index (χ1n) is 6.59. The van der Waals surface area contributed by atoms with Gasteiger partial charge in [0.2, 0.25) is 10.0 Å². The normalized spacial score (nSPS) is 24.3. The van der Waals surface area contributed by atoms with Gasteiger partial charge >= 0.3 is 0 Å². The van der Waals surface area contributed by atoms with Gasteiger partial charge in [-0.15, -0.1) is 0 Å². The Morgan fingerprint density at radius 2 is 2.11 bits per heavy atom. The molecule has 1 heterocycles. The minimum atomic E-state index is -3.23. The van der Waals surface area contributed by atoms with Crippen LogP contribution in [0, 0.1) is 12.8 Å². The van der Waals surface area contributed by atoms with Crippen molar-refractivity contribution in [3.05, 3.63) is 35.4 Å². The molecule has 1 aliphatic rings. The minimum Gasteiger partial charge on any atom is -0.381 e. The summed E-state index contributed by atoms with van der Waals surface area (Å²) >= 11 is 0. The molecule has 1 aromatic rings. The molecule has 0 radical (unpaired) electrons. The molecule has 106 valence electrons. The highest BCUT2D eigenvalue weighted by molar-refractivity contribution is 7.90. The van der Waals surface area contributed by atoms with E-state index >= 15 is 0 Å². The van der Waals surface area contributed by atoms with Crippen molar-refractivity contribution in [3.8, 4) is 0 Å². The van der Waals surface area contributed by atoms with Crippen LogP contribution in [-0.4, -0.2) is 33.9 Å². The molecule has 2 rings (SSSR count). The smallest absolute Gasteiger partial charge is 0.214 e. The van der Waals surface area contributed by atoms with Crippen LogP contribution in [0.25, 0.3) is 0 Å². The Bertz CT molecular complexity index is 527. The van der Waals surface area contributed by atoms with Gasteiger partial charge in [-0.25, -0.2) is 13.1 Å².